The van der Waals surface area contributed by atoms with Crippen LogP contribution >= 0.6 is 0 Å². The van der Waals surface area contributed by atoms with Crippen molar-refractivity contribution in [2.75, 3.05) is 18.4 Å². The molecule has 2 aromatic rings. The van der Waals surface area contributed by atoms with E-state index in [9.17, 15) is 4.79 Å². The minimum absolute atomic E-state index is 0.174. The largest absolute Gasteiger partial charge is 0.441 e. The van der Waals surface area contributed by atoms with Gasteiger partial charge in [-0.1, -0.05) is 0 Å². The van der Waals surface area contributed by atoms with Gasteiger partial charge in [-0.25, -0.2) is 19.7 Å². The second kappa shape index (κ2) is 7.81. The van der Waals surface area contributed by atoms with E-state index in [0.717, 1.165) is 43.6 Å². The summed E-state index contributed by atoms with van der Waals surface area (Å²) in [6, 6.07) is 5.55. The van der Waals surface area contributed by atoms with Gasteiger partial charge in [0, 0.05) is 30.7 Å². The van der Waals surface area contributed by atoms with Crippen LogP contribution in [0.5, 0.6) is 0 Å². The Labute approximate surface area is 174 Å². The molecule has 1 N–H and O–H groups in total. The van der Waals surface area contributed by atoms with Crippen molar-refractivity contribution in [1.29, 1.82) is 0 Å². The summed E-state index contributed by atoms with van der Waals surface area (Å²) in [5, 5.41) is 11.1. The summed E-state index contributed by atoms with van der Waals surface area (Å²) in [6.07, 6.45) is 12.1. The van der Waals surface area contributed by atoms with Crippen LogP contribution in [0.1, 0.15) is 25.7 Å². The molecule has 1 saturated carbocycles. The fourth-order valence-corrected chi connectivity index (χ4v) is 4.29. The van der Waals surface area contributed by atoms with E-state index in [1.807, 2.05) is 12.1 Å². The molecule has 0 unspecified atom stereocenters. The highest BCUT2D eigenvalue weighted by Gasteiger charge is 2.48. The van der Waals surface area contributed by atoms with Crippen molar-refractivity contribution in [2.45, 2.75) is 37.3 Å². The molecular weight excluding hydrogens is 382 g/mol. The molecule has 9 heteroatoms. The number of hydrogen-bond donors (Lipinski definition) is 1. The van der Waals surface area contributed by atoms with E-state index < -0.39 is 0 Å². The molecule has 4 heterocycles. The molecule has 0 aromatic carbocycles. The van der Waals surface area contributed by atoms with Gasteiger partial charge in [0.2, 0.25) is 0 Å². The van der Waals surface area contributed by atoms with E-state index in [4.69, 9.17) is 4.74 Å². The third-order valence-electron chi connectivity index (χ3n) is 6.04. The first-order chi connectivity index (χ1) is 14.7. The number of anilines is 1. The van der Waals surface area contributed by atoms with E-state index in [0.29, 0.717) is 18.3 Å². The average molecular weight is 405 g/mol. The van der Waals surface area contributed by atoms with Gasteiger partial charge in [0.1, 0.15) is 17.5 Å². The summed E-state index contributed by atoms with van der Waals surface area (Å²) in [4.78, 5) is 27.0. The first-order valence-corrected chi connectivity index (χ1v) is 10.2. The molecule has 0 atom stereocenters. The average Bonchev–Trinajstić information content (AvgIpc) is 3.43. The van der Waals surface area contributed by atoms with Crippen molar-refractivity contribution < 1.29 is 9.53 Å². The summed E-state index contributed by atoms with van der Waals surface area (Å²) in [5.41, 5.74) is 0.527. The maximum Gasteiger partial charge on any atom is 0.411 e. The van der Waals surface area contributed by atoms with Gasteiger partial charge >= 0.3 is 6.09 Å². The lowest BCUT2D eigenvalue weighted by atomic mass is 9.78. The van der Waals surface area contributed by atoms with Crippen LogP contribution in [0.3, 0.4) is 0 Å². The number of rotatable bonds is 5. The molecule has 0 radical (unpaired) electrons. The van der Waals surface area contributed by atoms with Crippen molar-refractivity contribution in [3.05, 3.63) is 36.8 Å². The van der Waals surface area contributed by atoms with Crippen molar-refractivity contribution in [3.63, 3.8) is 0 Å². The van der Waals surface area contributed by atoms with Gasteiger partial charge in [0.15, 0.2) is 5.82 Å². The molecule has 5 rings (SSSR count). The number of aromatic nitrogens is 3. The Morgan fingerprint density at radius 1 is 1.10 bits per heavy atom. The molecule has 1 aliphatic carbocycles. The molecule has 2 aromatic heterocycles. The predicted molar refractivity (Wildman–Crippen MR) is 112 cm³/mol. The number of pyridine rings is 1. The van der Waals surface area contributed by atoms with E-state index in [1.54, 1.807) is 42.0 Å². The Hall–Kier alpha value is -3.36. The molecule has 154 valence electrons. The Morgan fingerprint density at radius 2 is 1.87 bits per heavy atom. The molecule has 1 saturated heterocycles. The topological polar surface area (TPSA) is 105 Å². The van der Waals surface area contributed by atoms with Crippen LogP contribution in [0.25, 0.3) is 11.4 Å². The van der Waals surface area contributed by atoms with Gasteiger partial charge in [-0.3, -0.25) is 4.90 Å². The molecule has 1 amide bonds. The van der Waals surface area contributed by atoms with Gasteiger partial charge in [-0.15, -0.1) is 0 Å². The minimum atomic E-state index is -0.368. The summed E-state index contributed by atoms with van der Waals surface area (Å²) < 4.78 is 5.80. The molecule has 1 spiro atoms. The number of nitrogens with zero attached hydrogens (tertiary/aromatic N) is 6. The number of carbonyl (C=O) groups excluding carboxylic acids is 1. The van der Waals surface area contributed by atoms with Crippen LogP contribution in [0.4, 0.5) is 10.6 Å². The number of nitrogens with one attached hydrogen (secondary N) is 1. The Balaban J connectivity index is 1.12. The SMILES string of the molecule is O=C1OC2(CCC(CNc3ccc(-c4ncccn4)cn3)CC2)CN1C1C=NN=C1. The van der Waals surface area contributed by atoms with E-state index in [-0.39, 0.29) is 17.7 Å². The van der Waals surface area contributed by atoms with Gasteiger partial charge in [-0.05, 0) is 49.8 Å². The number of hydrogen-bond acceptors (Lipinski definition) is 8. The highest BCUT2D eigenvalue weighted by Crippen LogP contribution is 2.40. The normalized spacial score (nSPS) is 25.8. The van der Waals surface area contributed by atoms with Crippen LogP contribution in [0.2, 0.25) is 0 Å². The van der Waals surface area contributed by atoms with Gasteiger partial charge in [0.05, 0.1) is 19.0 Å². The van der Waals surface area contributed by atoms with Crippen LogP contribution < -0.4 is 5.32 Å². The zero-order valence-corrected chi connectivity index (χ0v) is 16.5. The first kappa shape index (κ1) is 18.7. The second-order valence-electron chi connectivity index (χ2n) is 8.03. The molecule has 9 nitrogen and oxygen atoms in total. The van der Waals surface area contributed by atoms with Gasteiger partial charge in [-0.2, -0.15) is 10.2 Å². The fraction of sp³-hybridized carbons (Fsp3) is 0.429. The molecule has 0 bridgehead atoms. The fourth-order valence-electron chi connectivity index (χ4n) is 4.29. The van der Waals surface area contributed by atoms with Crippen LogP contribution in [0, 0.1) is 5.92 Å². The Morgan fingerprint density at radius 3 is 2.57 bits per heavy atom. The lowest BCUT2D eigenvalue weighted by Crippen LogP contribution is -2.42. The summed E-state index contributed by atoms with van der Waals surface area (Å²) in [6.45, 7) is 1.46. The standard InChI is InChI=1S/C21H23N7O2/c29-20-28(17-12-26-27-13-17)14-21(30-20)6-4-15(5-7-21)10-24-18-3-2-16(11-25-18)19-22-8-1-9-23-19/h1-3,8-9,11-13,15,17H,4-7,10,14H2,(H,24,25). The van der Waals surface area contributed by atoms with Crippen LogP contribution in [-0.2, 0) is 4.74 Å². The molecule has 3 aliphatic rings. The van der Waals surface area contributed by atoms with E-state index in [2.05, 4.69) is 30.5 Å². The van der Waals surface area contributed by atoms with Gasteiger partial charge < -0.3 is 10.1 Å². The number of ether oxygens (including phenoxy) is 1. The zero-order chi connectivity index (χ0) is 20.4. The predicted octanol–water partition coefficient (Wildman–Crippen LogP) is 2.77. The highest BCUT2D eigenvalue weighted by molar-refractivity contribution is 5.95. The summed E-state index contributed by atoms with van der Waals surface area (Å²) in [5.74, 6) is 2.04. The van der Waals surface area contributed by atoms with Crippen molar-refractivity contribution >= 4 is 24.3 Å². The van der Waals surface area contributed by atoms with Gasteiger partial charge in [0.25, 0.3) is 0 Å². The summed E-state index contributed by atoms with van der Waals surface area (Å²) in [7, 11) is 0. The third-order valence-corrected chi connectivity index (χ3v) is 6.04. The van der Waals surface area contributed by atoms with Crippen molar-refractivity contribution in [1.82, 2.24) is 19.9 Å². The monoisotopic (exact) mass is 405 g/mol. The highest BCUT2D eigenvalue weighted by atomic mass is 16.6. The number of carbonyl (C=O) groups is 1. The lowest BCUT2D eigenvalue weighted by Gasteiger charge is -2.35. The second-order valence-corrected chi connectivity index (χ2v) is 8.03. The maximum atomic E-state index is 12.3. The van der Waals surface area contributed by atoms with Crippen LogP contribution in [0.15, 0.2) is 47.0 Å². The Kier molecular flexibility index (Phi) is 4.86. The van der Waals surface area contributed by atoms with Crippen LogP contribution in [-0.4, -0.2) is 63.1 Å². The van der Waals surface area contributed by atoms with E-state index >= 15 is 0 Å². The van der Waals surface area contributed by atoms with Crippen molar-refractivity contribution in [3.8, 4) is 11.4 Å². The molecule has 2 aliphatic heterocycles. The molecule has 2 fully saturated rings. The quantitative estimate of drug-likeness (QED) is 0.820. The zero-order valence-electron chi connectivity index (χ0n) is 16.5. The van der Waals surface area contributed by atoms with Crippen molar-refractivity contribution in [2.24, 2.45) is 16.1 Å². The number of amides is 1. The third kappa shape index (κ3) is 3.74. The first-order valence-electron chi connectivity index (χ1n) is 10.2. The molecule has 30 heavy (non-hydrogen) atoms. The molecular formula is C21H23N7O2. The Bertz CT molecular complexity index is 941. The maximum absolute atomic E-state index is 12.3. The minimum Gasteiger partial charge on any atom is -0.441 e. The smallest absolute Gasteiger partial charge is 0.411 e. The van der Waals surface area contributed by atoms with E-state index in [1.165, 1.54) is 0 Å². The lowest BCUT2D eigenvalue weighted by molar-refractivity contribution is 0.0147. The summed E-state index contributed by atoms with van der Waals surface area (Å²) >= 11 is 0.